The van der Waals surface area contributed by atoms with Gasteiger partial charge in [-0.3, -0.25) is 9.80 Å². The molecule has 3 aromatic rings. The summed E-state index contributed by atoms with van der Waals surface area (Å²) in [6.07, 6.45) is 1.55. The Bertz CT molecular complexity index is 1210. The zero-order chi connectivity index (χ0) is 27.1. The topological polar surface area (TPSA) is 48.9 Å². The second-order valence-electron chi connectivity index (χ2n) is 9.92. The number of hydrogen-bond acceptors (Lipinski definition) is 6. The molecule has 2 aromatic carbocycles. The second kappa shape index (κ2) is 13.2. The average Bonchev–Trinajstić information content (AvgIpc) is 2.90. The molecule has 8 heteroatoms. The summed E-state index contributed by atoms with van der Waals surface area (Å²) in [6.45, 7) is 11.9. The standard InChI is InChI=1S/C30H36ClFN4O2/c1-4-34(21-26-27(31)11-6-12-28(26)32)19-23-8-5-9-24(18-23)20-35-14-16-36(17-15-35)29-25(10-7-13-33-29)30(37)38-22(2)3/h5-13,18,22H,4,14-17,19-21H2,1-3H3. The third-order valence-corrected chi connectivity index (χ3v) is 7.07. The second-order valence-corrected chi connectivity index (χ2v) is 10.3. The minimum atomic E-state index is -0.333. The Morgan fingerprint density at radius 3 is 2.50 bits per heavy atom. The number of benzene rings is 2. The van der Waals surface area contributed by atoms with E-state index in [4.69, 9.17) is 16.3 Å². The summed E-state index contributed by atoms with van der Waals surface area (Å²) in [5.74, 6) is 0.0913. The van der Waals surface area contributed by atoms with E-state index in [0.29, 0.717) is 28.5 Å². The van der Waals surface area contributed by atoms with E-state index in [1.165, 1.54) is 17.2 Å². The van der Waals surface area contributed by atoms with Gasteiger partial charge in [-0.05, 0) is 55.8 Å². The van der Waals surface area contributed by atoms with Crippen LogP contribution in [0.4, 0.5) is 10.2 Å². The van der Waals surface area contributed by atoms with Gasteiger partial charge in [-0.1, -0.05) is 48.9 Å². The fraction of sp³-hybridized carbons (Fsp3) is 0.400. The zero-order valence-corrected chi connectivity index (χ0v) is 23.1. The Hall–Kier alpha value is -3.00. The number of halogens is 2. The lowest BCUT2D eigenvalue weighted by Gasteiger charge is -2.36. The molecule has 0 amide bonds. The molecule has 0 aliphatic carbocycles. The Kier molecular flexibility index (Phi) is 9.72. The summed E-state index contributed by atoms with van der Waals surface area (Å²) in [7, 11) is 0. The van der Waals surface area contributed by atoms with Crippen LogP contribution < -0.4 is 4.90 Å². The molecule has 1 aromatic heterocycles. The highest BCUT2D eigenvalue weighted by Crippen LogP contribution is 2.23. The number of piperazine rings is 1. The van der Waals surface area contributed by atoms with E-state index in [2.05, 4.69) is 50.9 Å². The SMILES string of the molecule is CCN(Cc1cccc(CN2CCN(c3ncccc3C(=O)OC(C)C)CC2)c1)Cc1c(F)cccc1Cl. The van der Waals surface area contributed by atoms with Crippen LogP contribution in [-0.4, -0.2) is 59.6 Å². The first-order valence-electron chi connectivity index (χ1n) is 13.2. The van der Waals surface area contributed by atoms with Crippen molar-refractivity contribution >= 4 is 23.4 Å². The molecule has 0 saturated carbocycles. The van der Waals surface area contributed by atoms with E-state index in [9.17, 15) is 9.18 Å². The Balaban J connectivity index is 1.35. The molecule has 2 heterocycles. The van der Waals surface area contributed by atoms with Crippen LogP contribution in [0.5, 0.6) is 0 Å². The zero-order valence-electron chi connectivity index (χ0n) is 22.4. The van der Waals surface area contributed by atoms with E-state index in [0.717, 1.165) is 45.8 Å². The predicted octanol–water partition coefficient (Wildman–Crippen LogP) is 5.78. The Labute approximate surface area is 230 Å². The van der Waals surface area contributed by atoms with E-state index < -0.39 is 0 Å². The van der Waals surface area contributed by atoms with Crippen molar-refractivity contribution in [2.24, 2.45) is 0 Å². The molecule has 38 heavy (non-hydrogen) atoms. The van der Waals surface area contributed by atoms with Crippen molar-refractivity contribution < 1.29 is 13.9 Å². The summed E-state index contributed by atoms with van der Waals surface area (Å²) < 4.78 is 19.7. The quantitative estimate of drug-likeness (QED) is 0.305. The van der Waals surface area contributed by atoms with Crippen molar-refractivity contribution in [3.05, 3.63) is 93.9 Å². The van der Waals surface area contributed by atoms with Gasteiger partial charge in [-0.2, -0.15) is 0 Å². The molecule has 0 unspecified atom stereocenters. The molecule has 0 spiro atoms. The fourth-order valence-corrected chi connectivity index (χ4v) is 4.96. The van der Waals surface area contributed by atoms with E-state index in [1.807, 2.05) is 13.8 Å². The van der Waals surface area contributed by atoms with E-state index in [-0.39, 0.29) is 17.9 Å². The number of anilines is 1. The number of esters is 1. The van der Waals surface area contributed by atoms with Crippen LogP contribution in [0.3, 0.4) is 0 Å². The van der Waals surface area contributed by atoms with Crippen LogP contribution in [-0.2, 0) is 24.4 Å². The monoisotopic (exact) mass is 538 g/mol. The van der Waals surface area contributed by atoms with Crippen LogP contribution in [0.15, 0.2) is 60.8 Å². The fourth-order valence-electron chi connectivity index (χ4n) is 4.73. The van der Waals surface area contributed by atoms with Crippen molar-refractivity contribution in [3.8, 4) is 0 Å². The maximum atomic E-state index is 14.3. The van der Waals surface area contributed by atoms with Gasteiger partial charge in [0.15, 0.2) is 0 Å². The summed E-state index contributed by atoms with van der Waals surface area (Å²) >= 11 is 6.26. The molecule has 0 N–H and O–H groups in total. The molecule has 0 bridgehead atoms. The van der Waals surface area contributed by atoms with Crippen LogP contribution in [0.25, 0.3) is 0 Å². The molecule has 1 saturated heterocycles. The van der Waals surface area contributed by atoms with Crippen LogP contribution in [0.2, 0.25) is 5.02 Å². The Morgan fingerprint density at radius 1 is 1.05 bits per heavy atom. The van der Waals surface area contributed by atoms with Crippen molar-refractivity contribution in [2.75, 3.05) is 37.6 Å². The van der Waals surface area contributed by atoms with E-state index in [1.54, 1.807) is 30.5 Å². The van der Waals surface area contributed by atoms with Gasteiger partial charge in [0.25, 0.3) is 0 Å². The smallest absolute Gasteiger partial charge is 0.342 e. The number of carbonyl (C=O) groups excluding carboxylic acids is 1. The molecule has 0 radical (unpaired) electrons. The number of pyridine rings is 1. The maximum absolute atomic E-state index is 14.3. The average molecular weight is 539 g/mol. The minimum absolute atomic E-state index is 0.176. The Morgan fingerprint density at radius 2 is 1.79 bits per heavy atom. The first-order valence-corrected chi connectivity index (χ1v) is 13.6. The van der Waals surface area contributed by atoms with Gasteiger partial charge in [-0.25, -0.2) is 14.2 Å². The first-order chi connectivity index (χ1) is 18.3. The highest BCUT2D eigenvalue weighted by molar-refractivity contribution is 6.31. The highest BCUT2D eigenvalue weighted by Gasteiger charge is 2.24. The predicted molar refractivity (Wildman–Crippen MR) is 150 cm³/mol. The third-order valence-electron chi connectivity index (χ3n) is 6.72. The summed E-state index contributed by atoms with van der Waals surface area (Å²) in [4.78, 5) is 23.8. The summed E-state index contributed by atoms with van der Waals surface area (Å²) in [5, 5.41) is 0.464. The molecule has 202 valence electrons. The molecular formula is C30H36ClFN4O2. The molecular weight excluding hydrogens is 503 g/mol. The molecule has 4 rings (SSSR count). The van der Waals surface area contributed by atoms with Crippen molar-refractivity contribution in [3.63, 3.8) is 0 Å². The molecule has 6 nitrogen and oxygen atoms in total. The van der Waals surface area contributed by atoms with Gasteiger partial charge in [0, 0.05) is 62.6 Å². The number of nitrogens with zero attached hydrogens (tertiary/aromatic N) is 4. The largest absolute Gasteiger partial charge is 0.459 e. The van der Waals surface area contributed by atoms with Crippen LogP contribution in [0, 0.1) is 5.82 Å². The van der Waals surface area contributed by atoms with Crippen molar-refractivity contribution in [1.82, 2.24) is 14.8 Å². The van der Waals surface area contributed by atoms with Crippen LogP contribution >= 0.6 is 11.6 Å². The van der Waals surface area contributed by atoms with Crippen LogP contribution in [0.1, 0.15) is 47.8 Å². The number of hydrogen-bond donors (Lipinski definition) is 0. The van der Waals surface area contributed by atoms with Gasteiger partial charge >= 0.3 is 5.97 Å². The number of rotatable bonds is 10. The number of aromatic nitrogens is 1. The van der Waals surface area contributed by atoms with Crippen molar-refractivity contribution in [2.45, 2.75) is 46.5 Å². The molecule has 1 aliphatic rings. The van der Waals surface area contributed by atoms with Gasteiger partial charge in [0.2, 0.25) is 0 Å². The maximum Gasteiger partial charge on any atom is 0.342 e. The molecule has 1 aliphatic heterocycles. The van der Waals surface area contributed by atoms with Gasteiger partial charge in [0.1, 0.15) is 17.2 Å². The lowest BCUT2D eigenvalue weighted by atomic mass is 10.1. The summed E-state index contributed by atoms with van der Waals surface area (Å²) in [6, 6.07) is 17.0. The lowest BCUT2D eigenvalue weighted by molar-refractivity contribution is 0.0378. The highest BCUT2D eigenvalue weighted by atomic mass is 35.5. The summed E-state index contributed by atoms with van der Waals surface area (Å²) in [5.41, 5.74) is 3.49. The van der Waals surface area contributed by atoms with Gasteiger partial charge in [-0.15, -0.1) is 0 Å². The van der Waals surface area contributed by atoms with Crippen molar-refractivity contribution in [1.29, 1.82) is 0 Å². The lowest BCUT2D eigenvalue weighted by Crippen LogP contribution is -2.46. The number of carbonyl (C=O) groups is 1. The first kappa shape index (κ1) is 28.0. The van der Waals surface area contributed by atoms with Gasteiger partial charge < -0.3 is 9.64 Å². The number of ether oxygens (including phenoxy) is 1. The third kappa shape index (κ3) is 7.31. The molecule has 0 atom stereocenters. The normalized spacial score (nSPS) is 14.3. The minimum Gasteiger partial charge on any atom is -0.459 e. The molecule has 1 fully saturated rings. The van der Waals surface area contributed by atoms with Gasteiger partial charge in [0.05, 0.1) is 6.10 Å². The van der Waals surface area contributed by atoms with E-state index >= 15 is 0 Å².